The van der Waals surface area contributed by atoms with Gasteiger partial charge >= 0.3 is 0 Å². The number of non-ortho nitro benzene ring substituents is 1. The van der Waals surface area contributed by atoms with E-state index in [1.807, 2.05) is 31.2 Å². The van der Waals surface area contributed by atoms with E-state index in [1.54, 1.807) is 0 Å². The van der Waals surface area contributed by atoms with Crippen LogP contribution in [0.1, 0.15) is 12.0 Å². The van der Waals surface area contributed by atoms with Gasteiger partial charge in [-0.15, -0.1) is 0 Å². The highest BCUT2D eigenvalue weighted by Crippen LogP contribution is 2.26. The van der Waals surface area contributed by atoms with Crippen molar-refractivity contribution in [2.24, 2.45) is 0 Å². The van der Waals surface area contributed by atoms with Crippen LogP contribution in [-0.2, 0) is 4.79 Å². The Morgan fingerprint density at radius 3 is 2.57 bits per heavy atom. The maximum Gasteiger partial charge on any atom is 0.271 e. The molecule has 0 saturated heterocycles. The lowest BCUT2D eigenvalue weighted by molar-refractivity contribution is -0.384. The standard InChI is InChI=1S/C16H15ClN2O4/c1-11-2-5-13(6-3-11)23-9-8-16(20)18-15-7-4-12(19(21)22)10-14(15)17/h2-7,10H,8-9H2,1H3,(H,18,20). The number of nitro benzene ring substituents is 1. The Morgan fingerprint density at radius 2 is 1.96 bits per heavy atom. The second-order valence-electron chi connectivity index (χ2n) is 4.88. The highest BCUT2D eigenvalue weighted by Gasteiger charge is 2.11. The average molecular weight is 335 g/mol. The number of nitro groups is 1. The molecular weight excluding hydrogens is 320 g/mol. The molecule has 0 fully saturated rings. The maximum atomic E-state index is 11.8. The molecule has 0 atom stereocenters. The Bertz CT molecular complexity index is 717. The Hall–Kier alpha value is -2.60. The van der Waals surface area contributed by atoms with Gasteiger partial charge in [-0.1, -0.05) is 29.3 Å². The van der Waals surface area contributed by atoms with Crippen LogP contribution >= 0.6 is 11.6 Å². The molecular formula is C16H15ClN2O4. The summed E-state index contributed by atoms with van der Waals surface area (Å²) in [6.45, 7) is 2.20. The quantitative estimate of drug-likeness (QED) is 0.640. The number of halogens is 1. The fraction of sp³-hybridized carbons (Fsp3) is 0.188. The summed E-state index contributed by atoms with van der Waals surface area (Å²) < 4.78 is 5.47. The van der Waals surface area contributed by atoms with E-state index in [2.05, 4.69) is 5.32 Å². The SMILES string of the molecule is Cc1ccc(OCCC(=O)Nc2ccc([N+](=O)[O-])cc2Cl)cc1. The highest BCUT2D eigenvalue weighted by molar-refractivity contribution is 6.33. The van der Waals surface area contributed by atoms with Gasteiger partial charge in [-0.25, -0.2) is 0 Å². The Kier molecular flexibility index (Phi) is 5.54. The van der Waals surface area contributed by atoms with Crippen LogP contribution in [0.5, 0.6) is 5.75 Å². The minimum absolute atomic E-state index is 0.118. The molecule has 0 aliphatic heterocycles. The minimum Gasteiger partial charge on any atom is -0.493 e. The van der Waals surface area contributed by atoms with Gasteiger partial charge in [0.1, 0.15) is 5.75 Å². The number of ether oxygens (including phenoxy) is 1. The van der Waals surface area contributed by atoms with Crippen molar-refractivity contribution in [1.29, 1.82) is 0 Å². The summed E-state index contributed by atoms with van der Waals surface area (Å²) in [4.78, 5) is 21.9. The smallest absolute Gasteiger partial charge is 0.271 e. The zero-order chi connectivity index (χ0) is 16.8. The molecule has 0 heterocycles. The molecule has 120 valence electrons. The topological polar surface area (TPSA) is 81.5 Å². The van der Waals surface area contributed by atoms with Crippen LogP contribution in [0, 0.1) is 17.0 Å². The van der Waals surface area contributed by atoms with E-state index in [0.717, 1.165) is 5.56 Å². The zero-order valence-electron chi connectivity index (χ0n) is 12.4. The molecule has 0 aliphatic carbocycles. The van der Waals surface area contributed by atoms with Crippen LogP contribution in [0.2, 0.25) is 5.02 Å². The van der Waals surface area contributed by atoms with Crippen LogP contribution < -0.4 is 10.1 Å². The molecule has 0 aliphatic rings. The van der Waals surface area contributed by atoms with Crippen molar-refractivity contribution < 1.29 is 14.5 Å². The number of anilines is 1. The number of nitrogens with one attached hydrogen (secondary N) is 1. The summed E-state index contributed by atoms with van der Waals surface area (Å²) in [6, 6.07) is 11.4. The molecule has 0 unspecified atom stereocenters. The number of rotatable bonds is 6. The number of carbonyl (C=O) groups excluding carboxylic acids is 1. The molecule has 2 aromatic rings. The molecule has 1 N–H and O–H groups in total. The van der Waals surface area contributed by atoms with E-state index in [-0.39, 0.29) is 29.6 Å². The molecule has 0 saturated carbocycles. The van der Waals surface area contributed by atoms with Gasteiger partial charge in [0.25, 0.3) is 5.69 Å². The highest BCUT2D eigenvalue weighted by atomic mass is 35.5. The van der Waals surface area contributed by atoms with Crippen molar-refractivity contribution in [3.63, 3.8) is 0 Å². The molecule has 0 bridgehead atoms. The van der Waals surface area contributed by atoms with Crippen molar-refractivity contribution in [3.05, 3.63) is 63.2 Å². The third-order valence-corrected chi connectivity index (χ3v) is 3.37. The second kappa shape index (κ2) is 7.60. The van der Waals surface area contributed by atoms with Crippen molar-refractivity contribution >= 4 is 28.9 Å². The molecule has 2 aromatic carbocycles. The number of carbonyl (C=O) groups is 1. The summed E-state index contributed by atoms with van der Waals surface area (Å²) in [5, 5.41) is 13.3. The predicted octanol–water partition coefficient (Wildman–Crippen LogP) is 3.96. The largest absolute Gasteiger partial charge is 0.493 e. The number of hydrogen-bond acceptors (Lipinski definition) is 4. The fourth-order valence-electron chi connectivity index (χ4n) is 1.83. The van der Waals surface area contributed by atoms with E-state index >= 15 is 0 Å². The molecule has 7 heteroatoms. The van der Waals surface area contributed by atoms with Gasteiger partial charge in [0, 0.05) is 12.1 Å². The normalized spacial score (nSPS) is 10.2. The van der Waals surface area contributed by atoms with Crippen LogP contribution in [0.4, 0.5) is 11.4 Å². The first-order chi connectivity index (χ1) is 11.0. The monoisotopic (exact) mass is 334 g/mol. The summed E-state index contributed by atoms with van der Waals surface area (Å²) in [5.74, 6) is 0.407. The van der Waals surface area contributed by atoms with Crippen LogP contribution in [-0.4, -0.2) is 17.4 Å². The molecule has 0 spiro atoms. The van der Waals surface area contributed by atoms with E-state index in [0.29, 0.717) is 11.4 Å². The molecule has 2 rings (SSSR count). The second-order valence-corrected chi connectivity index (χ2v) is 5.29. The van der Waals surface area contributed by atoms with Crippen molar-refractivity contribution in [1.82, 2.24) is 0 Å². The van der Waals surface area contributed by atoms with Crippen LogP contribution in [0.15, 0.2) is 42.5 Å². The Balaban J connectivity index is 1.85. The molecule has 0 radical (unpaired) electrons. The molecule has 1 amide bonds. The van der Waals surface area contributed by atoms with E-state index in [1.165, 1.54) is 18.2 Å². The van der Waals surface area contributed by atoms with Gasteiger partial charge in [0.2, 0.25) is 5.91 Å². The van der Waals surface area contributed by atoms with Crippen LogP contribution in [0.25, 0.3) is 0 Å². The Labute approximate surface area is 138 Å². The van der Waals surface area contributed by atoms with Crippen LogP contribution in [0.3, 0.4) is 0 Å². The lowest BCUT2D eigenvalue weighted by Crippen LogP contribution is -2.15. The number of benzene rings is 2. The van der Waals surface area contributed by atoms with Gasteiger partial charge in [-0.05, 0) is 25.1 Å². The summed E-state index contributed by atoms with van der Waals surface area (Å²) in [6.07, 6.45) is 0.140. The van der Waals surface area contributed by atoms with E-state index < -0.39 is 4.92 Å². The first-order valence-electron chi connectivity index (χ1n) is 6.89. The van der Waals surface area contributed by atoms with Gasteiger partial charge < -0.3 is 10.1 Å². The van der Waals surface area contributed by atoms with Gasteiger partial charge in [0.15, 0.2) is 0 Å². The van der Waals surface area contributed by atoms with Gasteiger partial charge in [-0.3, -0.25) is 14.9 Å². The van der Waals surface area contributed by atoms with Crippen molar-refractivity contribution in [2.45, 2.75) is 13.3 Å². The maximum absolute atomic E-state index is 11.8. The lowest BCUT2D eigenvalue weighted by atomic mass is 10.2. The third kappa shape index (κ3) is 4.96. The van der Waals surface area contributed by atoms with Gasteiger partial charge in [-0.2, -0.15) is 0 Å². The minimum atomic E-state index is -0.549. The van der Waals surface area contributed by atoms with E-state index in [9.17, 15) is 14.9 Å². The lowest BCUT2D eigenvalue weighted by Gasteiger charge is -2.08. The predicted molar refractivity (Wildman–Crippen MR) is 88.0 cm³/mol. The number of aryl methyl sites for hydroxylation is 1. The molecule has 0 aromatic heterocycles. The third-order valence-electron chi connectivity index (χ3n) is 3.06. The zero-order valence-corrected chi connectivity index (χ0v) is 13.2. The van der Waals surface area contributed by atoms with Gasteiger partial charge in [0.05, 0.1) is 28.7 Å². The number of hydrogen-bond donors (Lipinski definition) is 1. The number of amides is 1. The first-order valence-corrected chi connectivity index (χ1v) is 7.27. The molecule has 23 heavy (non-hydrogen) atoms. The summed E-state index contributed by atoms with van der Waals surface area (Å²) in [5.41, 5.74) is 1.33. The number of nitrogens with zero attached hydrogens (tertiary/aromatic N) is 1. The first kappa shape index (κ1) is 16.8. The fourth-order valence-corrected chi connectivity index (χ4v) is 2.05. The molecule has 6 nitrogen and oxygen atoms in total. The van der Waals surface area contributed by atoms with E-state index in [4.69, 9.17) is 16.3 Å². The van der Waals surface area contributed by atoms with Crippen molar-refractivity contribution in [3.8, 4) is 5.75 Å². The van der Waals surface area contributed by atoms with Crippen molar-refractivity contribution in [2.75, 3.05) is 11.9 Å². The summed E-state index contributed by atoms with van der Waals surface area (Å²) >= 11 is 5.91. The summed E-state index contributed by atoms with van der Waals surface area (Å²) in [7, 11) is 0. The Morgan fingerprint density at radius 1 is 1.26 bits per heavy atom. The average Bonchev–Trinajstić information content (AvgIpc) is 2.51.